The Bertz CT molecular complexity index is 464. The molecule has 0 atom stereocenters. The number of hydrogen-bond donors (Lipinski definition) is 1. The van der Waals surface area contributed by atoms with Gasteiger partial charge in [-0.3, -0.25) is 4.79 Å². The number of benzene rings is 1. The summed E-state index contributed by atoms with van der Waals surface area (Å²) in [7, 11) is 0. The lowest BCUT2D eigenvalue weighted by Gasteiger charge is -2.21. The van der Waals surface area contributed by atoms with Crippen LogP contribution in [0.25, 0.3) is 0 Å². The molecule has 0 unspecified atom stereocenters. The van der Waals surface area contributed by atoms with Crippen LogP contribution >= 0.6 is 0 Å². The van der Waals surface area contributed by atoms with Crippen molar-refractivity contribution in [3.63, 3.8) is 0 Å². The molecule has 2 rings (SSSR count). The van der Waals surface area contributed by atoms with E-state index < -0.39 is 0 Å². The van der Waals surface area contributed by atoms with Gasteiger partial charge in [-0.15, -0.1) is 0 Å². The maximum atomic E-state index is 11.8. The molecule has 0 saturated carbocycles. The Hall–Kier alpha value is -1.39. The summed E-state index contributed by atoms with van der Waals surface area (Å²) in [5.74, 6) is 1.14. The standard InChI is InChI=1S/C19H29NO3/c1-15(2)11-16-3-5-17(6-4-16)12-20-19(21)14-23-13-18-7-9-22-10-8-18/h3-6,15,18H,7-14H2,1-2H3,(H,20,21). The summed E-state index contributed by atoms with van der Waals surface area (Å²) in [6, 6.07) is 8.45. The number of carbonyl (C=O) groups excluding carboxylic acids is 1. The van der Waals surface area contributed by atoms with Gasteiger partial charge >= 0.3 is 0 Å². The van der Waals surface area contributed by atoms with Crippen molar-refractivity contribution in [2.24, 2.45) is 11.8 Å². The van der Waals surface area contributed by atoms with Crippen molar-refractivity contribution in [1.82, 2.24) is 5.32 Å². The predicted octanol–water partition coefficient (Wildman–Crippen LogP) is 2.94. The van der Waals surface area contributed by atoms with E-state index in [0.29, 0.717) is 25.0 Å². The van der Waals surface area contributed by atoms with E-state index in [1.54, 1.807) is 0 Å². The van der Waals surface area contributed by atoms with Crippen LogP contribution in [0.2, 0.25) is 0 Å². The summed E-state index contributed by atoms with van der Waals surface area (Å²) in [6.45, 7) is 7.41. The van der Waals surface area contributed by atoms with Crippen LogP contribution in [0.1, 0.15) is 37.8 Å². The number of rotatable bonds is 8. The molecule has 1 saturated heterocycles. The van der Waals surface area contributed by atoms with E-state index in [0.717, 1.165) is 38.0 Å². The van der Waals surface area contributed by atoms with E-state index in [1.165, 1.54) is 5.56 Å². The third kappa shape index (κ3) is 7.14. The zero-order valence-electron chi connectivity index (χ0n) is 14.3. The van der Waals surface area contributed by atoms with Crippen molar-refractivity contribution < 1.29 is 14.3 Å². The van der Waals surface area contributed by atoms with E-state index in [-0.39, 0.29) is 12.5 Å². The van der Waals surface area contributed by atoms with Crippen LogP contribution in [0.5, 0.6) is 0 Å². The molecule has 128 valence electrons. The first-order valence-electron chi connectivity index (χ1n) is 8.63. The molecule has 1 fully saturated rings. The number of hydrogen-bond acceptors (Lipinski definition) is 3. The van der Waals surface area contributed by atoms with Crippen LogP contribution in [0.4, 0.5) is 0 Å². The molecule has 23 heavy (non-hydrogen) atoms. The molecular weight excluding hydrogens is 290 g/mol. The highest BCUT2D eigenvalue weighted by molar-refractivity contribution is 5.77. The fourth-order valence-electron chi connectivity index (χ4n) is 2.75. The van der Waals surface area contributed by atoms with E-state index in [4.69, 9.17) is 9.47 Å². The minimum Gasteiger partial charge on any atom is -0.381 e. The Balaban J connectivity index is 1.61. The summed E-state index contributed by atoms with van der Waals surface area (Å²) in [5, 5.41) is 2.91. The Morgan fingerprint density at radius 3 is 2.52 bits per heavy atom. The summed E-state index contributed by atoms with van der Waals surface area (Å²) in [4.78, 5) is 11.8. The number of nitrogens with one attached hydrogen (secondary N) is 1. The SMILES string of the molecule is CC(C)Cc1ccc(CNC(=O)COCC2CCOCC2)cc1. The largest absolute Gasteiger partial charge is 0.381 e. The van der Waals surface area contributed by atoms with Crippen LogP contribution < -0.4 is 5.32 Å². The Morgan fingerprint density at radius 1 is 1.22 bits per heavy atom. The fourth-order valence-corrected chi connectivity index (χ4v) is 2.75. The quantitative estimate of drug-likeness (QED) is 0.801. The van der Waals surface area contributed by atoms with E-state index in [2.05, 4.69) is 43.4 Å². The molecule has 1 aliphatic heterocycles. The van der Waals surface area contributed by atoms with Crippen LogP contribution in [0.3, 0.4) is 0 Å². The van der Waals surface area contributed by atoms with Crippen molar-refractivity contribution in [2.75, 3.05) is 26.4 Å². The summed E-state index contributed by atoms with van der Waals surface area (Å²) in [5.41, 5.74) is 2.46. The highest BCUT2D eigenvalue weighted by atomic mass is 16.5. The topological polar surface area (TPSA) is 47.6 Å². The molecule has 1 aromatic rings. The zero-order chi connectivity index (χ0) is 16.5. The molecule has 0 spiro atoms. The Morgan fingerprint density at radius 2 is 1.87 bits per heavy atom. The van der Waals surface area contributed by atoms with Crippen LogP contribution in [-0.4, -0.2) is 32.3 Å². The van der Waals surface area contributed by atoms with Crippen LogP contribution in [-0.2, 0) is 27.2 Å². The van der Waals surface area contributed by atoms with Gasteiger partial charge in [-0.25, -0.2) is 0 Å². The zero-order valence-corrected chi connectivity index (χ0v) is 14.3. The smallest absolute Gasteiger partial charge is 0.246 e. The molecule has 1 N–H and O–H groups in total. The average Bonchev–Trinajstić information content (AvgIpc) is 2.55. The molecule has 0 aromatic heterocycles. The predicted molar refractivity (Wildman–Crippen MR) is 91.2 cm³/mol. The number of ether oxygens (including phenoxy) is 2. The summed E-state index contributed by atoms with van der Waals surface area (Å²) < 4.78 is 10.8. The van der Waals surface area contributed by atoms with Crippen molar-refractivity contribution in [3.8, 4) is 0 Å². The van der Waals surface area contributed by atoms with Gasteiger partial charge in [0.15, 0.2) is 0 Å². The summed E-state index contributed by atoms with van der Waals surface area (Å²) in [6.07, 6.45) is 3.15. The second-order valence-corrected chi connectivity index (χ2v) is 6.76. The first-order valence-corrected chi connectivity index (χ1v) is 8.63. The second kappa shape index (κ2) is 9.68. The molecule has 0 bridgehead atoms. The maximum Gasteiger partial charge on any atom is 0.246 e. The third-order valence-corrected chi connectivity index (χ3v) is 4.08. The molecule has 1 heterocycles. The minimum absolute atomic E-state index is 0.0525. The second-order valence-electron chi connectivity index (χ2n) is 6.76. The fraction of sp³-hybridized carbons (Fsp3) is 0.632. The highest BCUT2D eigenvalue weighted by Crippen LogP contribution is 2.14. The molecule has 1 aliphatic rings. The lowest BCUT2D eigenvalue weighted by atomic mass is 10.0. The number of carbonyl (C=O) groups is 1. The number of amides is 1. The van der Waals surface area contributed by atoms with Crippen molar-refractivity contribution in [1.29, 1.82) is 0 Å². The van der Waals surface area contributed by atoms with Gasteiger partial charge in [0.1, 0.15) is 6.61 Å². The van der Waals surface area contributed by atoms with Gasteiger partial charge in [0.05, 0.1) is 6.61 Å². The normalized spacial score (nSPS) is 15.8. The third-order valence-electron chi connectivity index (χ3n) is 4.08. The van der Waals surface area contributed by atoms with E-state index >= 15 is 0 Å². The molecule has 1 aromatic carbocycles. The van der Waals surface area contributed by atoms with Gasteiger partial charge < -0.3 is 14.8 Å². The monoisotopic (exact) mass is 319 g/mol. The van der Waals surface area contributed by atoms with Crippen LogP contribution in [0, 0.1) is 11.8 Å². The van der Waals surface area contributed by atoms with Gasteiger partial charge in [-0.1, -0.05) is 38.1 Å². The average molecular weight is 319 g/mol. The molecule has 4 heteroatoms. The van der Waals surface area contributed by atoms with Gasteiger partial charge in [-0.05, 0) is 42.2 Å². The van der Waals surface area contributed by atoms with E-state index in [9.17, 15) is 4.79 Å². The van der Waals surface area contributed by atoms with Gasteiger partial charge in [0.25, 0.3) is 0 Å². The minimum atomic E-state index is -0.0525. The Kier molecular flexibility index (Phi) is 7.56. The lowest BCUT2D eigenvalue weighted by Crippen LogP contribution is -2.29. The van der Waals surface area contributed by atoms with Crippen LogP contribution in [0.15, 0.2) is 24.3 Å². The van der Waals surface area contributed by atoms with Crippen molar-refractivity contribution in [3.05, 3.63) is 35.4 Å². The molecule has 1 amide bonds. The first-order chi connectivity index (χ1) is 11.1. The molecule has 0 aliphatic carbocycles. The van der Waals surface area contributed by atoms with Gasteiger partial charge in [-0.2, -0.15) is 0 Å². The highest BCUT2D eigenvalue weighted by Gasteiger charge is 2.14. The van der Waals surface area contributed by atoms with Gasteiger partial charge in [0, 0.05) is 19.8 Å². The molecule has 4 nitrogen and oxygen atoms in total. The maximum absolute atomic E-state index is 11.8. The van der Waals surface area contributed by atoms with Crippen molar-refractivity contribution in [2.45, 2.75) is 39.7 Å². The first kappa shape index (κ1) is 18.0. The molecule has 0 radical (unpaired) electrons. The van der Waals surface area contributed by atoms with Crippen molar-refractivity contribution >= 4 is 5.91 Å². The summed E-state index contributed by atoms with van der Waals surface area (Å²) >= 11 is 0. The Labute approximate surface area is 139 Å². The van der Waals surface area contributed by atoms with E-state index in [1.807, 2.05) is 0 Å². The lowest BCUT2D eigenvalue weighted by molar-refractivity contribution is -0.126. The van der Waals surface area contributed by atoms with Gasteiger partial charge in [0.2, 0.25) is 5.91 Å². The molecular formula is C19H29NO3.